The average Bonchev–Trinajstić information content (AvgIpc) is 2.85. The molecule has 4 nitrogen and oxygen atoms in total. The highest BCUT2D eigenvalue weighted by molar-refractivity contribution is 7.18. The van der Waals surface area contributed by atoms with Gasteiger partial charge in [0.25, 0.3) is 5.56 Å². The summed E-state index contributed by atoms with van der Waals surface area (Å²) in [7, 11) is 0. The lowest BCUT2D eigenvalue weighted by atomic mass is 10.1. The second-order valence-corrected chi connectivity index (χ2v) is 7.26. The Kier molecular flexibility index (Phi) is 4.70. The van der Waals surface area contributed by atoms with Crippen molar-refractivity contribution < 1.29 is 0 Å². The maximum atomic E-state index is 13.0. The van der Waals surface area contributed by atoms with Crippen molar-refractivity contribution in [1.29, 1.82) is 5.26 Å². The molecule has 0 saturated carbocycles. The fraction of sp³-hybridized carbons (Fsp3) is 0.278. The molecule has 0 bridgehead atoms. The highest BCUT2D eigenvalue weighted by atomic mass is 35.5. The second kappa shape index (κ2) is 6.76. The standard InChI is InChI=1S/C18H16ClN3OS/c1-11-12(2)24-17-15(11)18(23)22(10-4-3-9-20)16(21-17)13-5-7-14(19)8-6-13/h5-8H,3-4,10H2,1-2H3. The predicted octanol–water partition coefficient (Wildman–Crippen LogP) is 4.70. The van der Waals surface area contributed by atoms with Crippen molar-refractivity contribution in [2.75, 3.05) is 0 Å². The van der Waals surface area contributed by atoms with E-state index in [9.17, 15) is 4.79 Å². The van der Waals surface area contributed by atoms with E-state index in [1.54, 1.807) is 16.7 Å². The topological polar surface area (TPSA) is 58.7 Å². The molecule has 0 aliphatic carbocycles. The van der Waals surface area contributed by atoms with Crippen molar-refractivity contribution in [2.24, 2.45) is 0 Å². The molecule has 1 aromatic carbocycles. The third-order valence-corrected chi connectivity index (χ3v) is 5.41. The van der Waals surface area contributed by atoms with E-state index >= 15 is 0 Å². The number of hydrogen-bond donors (Lipinski definition) is 0. The van der Waals surface area contributed by atoms with Gasteiger partial charge in [-0.25, -0.2) is 4.98 Å². The Bertz CT molecular complexity index is 996. The number of halogens is 1. The summed E-state index contributed by atoms with van der Waals surface area (Å²) in [5.74, 6) is 0.628. The first kappa shape index (κ1) is 16.7. The van der Waals surface area contributed by atoms with Crippen LogP contribution in [0.25, 0.3) is 21.6 Å². The van der Waals surface area contributed by atoms with E-state index in [-0.39, 0.29) is 5.56 Å². The van der Waals surface area contributed by atoms with Crippen LogP contribution in [0.15, 0.2) is 29.1 Å². The van der Waals surface area contributed by atoms with Crippen LogP contribution < -0.4 is 5.56 Å². The van der Waals surface area contributed by atoms with Crippen molar-refractivity contribution in [2.45, 2.75) is 33.2 Å². The lowest BCUT2D eigenvalue weighted by Crippen LogP contribution is -2.23. The van der Waals surface area contributed by atoms with E-state index in [1.807, 2.05) is 26.0 Å². The van der Waals surface area contributed by atoms with E-state index < -0.39 is 0 Å². The minimum atomic E-state index is -0.0373. The Morgan fingerprint density at radius 1 is 1.29 bits per heavy atom. The number of aromatic nitrogens is 2. The minimum Gasteiger partial charge on any atom is -0.292 e. The Hall–Kier alpha value is -2.16. The van der Waals surface area contributed by atoms with E-state index in [4.69, 9.17) is 21.8 Å². The van der Waals surface area contributed by atoms with Crippen molar-refractivity contribution in [3.05, 3.63) is 50.1 Å². The van der Waals surface area contributed by atoms with Gasteiger partial charge in [0, 0.05) is 28.4 Å². The molecule has 24 heavy (non-hydrogen) atoms. The van der Waals surface area contributed by atoms with Gasteiger partial charge in [0.15, 0.2) is 0 Å². The number of thiophene rings is 1. The van der Waals surface area contributed by atoms with Crippen molar-refractivity contribution in [3.63, 3.8) is 0 Å². The Morgan fingerprint density at radius 2 is 2.00 bits per heavy atom. The van der Waals surface area contributed by atoms with Crippen molar-refractivity contribution in [3.8, 4) is 17.5 Å². The SMILES string of the molecule is Cc1sc2nc(-c3ccc(Cl)cc3)n(CCCC#N)c(=O)c2c1C. The van der Waals surface area contributed by atoms with Gasteiger partial charge in [-0.05, 0) is 50.1 Å². The van der Waals surface area contributed by atoms with Gasteiger partial charge < -0.3 is 0 Å². The number of nitrogens with zero attached hydrogens (tertiary/aromatic N) is 3. The molecule has 2 heterocycles. The predicted molar refractivity (Wildman–Crippen MR) is 98.6 cm³/mol. The summed E-state index contributed by atoms with van der Waals surface area (Å²) in [5, 5.41) is 10.1. The molecule has 2 aromatic heterocycles. The molecule has 0 N–H and O–H groups in total. The molecule has 3 rings (SSSR count). The van der Waals surface area contributed by atoms with Gasteiger partial charge in [-0.2, -0.15) is 5.26 Å². The molecule has 0 radical (unpaired) electrons. The number of nitriles is 1. The molecule has 0 aliphatic heterocycles. The molecule has 0 aliphatic rings. The third-order valence-electron chi connectivity index (χ3n) is 4.06. The highest BCUT2D eigenvalue weighted by Crippen LogP contribution is 2.29. The smallest absolute Gasteiger partial charge is 0.262 e. The fourth-order valence-electron chi connectivity index (χ4n) is 2.67. The van der Waals surface area contributed by atoms with Gasteiger partial charge in [0.2, 0.25) is 0 Å². The summed E-state index contributed by atoms with van der Waals surface area (Å²) in [6.45, 7) is 4.43. The van der Waals surface area contributed by atoms with Crippen molar-refractivity contribution >= 4 is 33.2 Å². The van der Waals surface area contributed by atoms with E-state index in [1.165, 1.54) is 11.3 Å². The molecule has 0 saturated heterocycles. The Labute approximate surface area is 149 Å². The third kappa shape index (κ3) is 2.95. The molecular weight excluding hydrogens is 342 g/mol. The van der Waals surface area contributed by atoms with E-state index in [0.717, 1.165) is 20.8 Å². The first-order valence-corrected chi connectivity index (χ1v) is 8.85. The minimum absolute atomic E-state index is 0.0373. The lowest BCUT2D eigenvalue weighted by molar-refractivity contribution is 0.634. The molecule has 0 atom stereocenters. The number of rotatable bonds is 4. The first-order chi connectivity index (χ1) is 11.5. The maximum Gasteiger partial charge on any atom is 0.262 e. The van der Waals surface area contributed by atoms with Crippen LogP contribution >= 0.6 is 22.9 Å². The van der Waals surface area contributed by atoms with E-state index in [2.05, 4.69) is 6.07 Å². The molecule has 3 aromatic rings. The van der Waals surface area contributed by atoms with Gasteiger partial charge >= 0.3 is 0 Å². The number of unbranched alkanes of at least 4 members (excludes halogenated alkanes) is 1. The number of hydrogen-bond acceptors (Lipinski definition) is 4. The lowest BCUT2D eigenvalue weighted by Gasteiger charge is -2.12. The number of fused-ring (bicyclic) bond motifs is 1. The van der Waals surface area contributed by atoms with Gasteiger partial charge in [-0.1, -0.05) is 11.6 Å². The van der Waals surface area contributed by atoms with Gasteiger partial charge in [0.1, 0.15) is 10.7 Å². The van der Waals surface area contributed by atoms with Crippen molar-refractivity contribution in [1.82, 2.24) is 9.55 Å². The monoisotopic (exact) mass is 357 g/mol. The fourth-order valence-corrected chi connectivity index (χ4v) is 3.82. The van der Waals surface area contributed by atoms with Crippen LogP contribution in [0, 0.1) is 25.2 Å². The quantitative estimate of drug-likeness (QED) is 0.636. The van der Waals surface area contributed by atoms with Crippen LogP contribution in [0.4, 0.5) is 0 Å². The maximum absolute atomic E-state index is 13.0. The molecule has 0 unspecified atom stereocenters. The Balaban J connectivity index is 2.25. The Morgan fingerprint density at radius 3 is 2.67 bits per heavy atom. The zero-order valence-corrected chi connectivity index (χ0v) is 15.0. The number of aryl methyl sites for hydroxylation is 2. The zero-order valence-electron chi connectivity index (χ0n) is 13.5. The number of benzene rings is 1. The summed E-state index contributed by atoms with van der Waals surface area (Å²) in [5.41, 5.74) is 1.80. The van der Waals surface area contributed by atoms with Gasteiger partial charge in [-0.3, -0.25) is 9.36 Å². The van der Waals surface area contributed by atoms with Gasteiger partial charge in [-0.15, -0.1) is 11.3 Å². The molecular formula is C18H16ClN3OS. The van der Waals surface area contributed by atoms with Gasteiger partial charge in [0.05, 0.1) is 11.5 Å². The summed E-state index contributed by atoms with van der Waals surface area (Å²) in [6.07, 6.45) is 1.03. The highest BCUT2D eigenvalue weighted by Gasteiger charge is 2.17. The summed E-state index contributed by atoms with van der Waals surface area (Å²) in [4.78, 5) is 19.7. The molecule has 122 valence electrons. The van der Waals surface area contributed by atoms with Crippen LogP contribution in [-0.4, -0.2) is 9.55 Å². The zero-order chi connectivity index (χ0) is 17.3. The molecule has 0 spiro atoms. The van der Waals surface area contributed by atoms with Crippen LogP contribution in [0.3, 0.4) is 0 Å². The first-order valence-electron chi connectivity index (χ1n) is 7.66. The summed E-state index contributed by atoms with van der Waals surface area (Å²) in [6, 6.07) is 9.43. The average molecular weight is 358 g/mol. The van der Waals surface area contributed by atoms with Crippen LogP contribution in [0.1, 0.15) is 23.3 Å². The molecule has 0 fully saturated rings. The molecule has 6 heteroatoms. The van der Waals surface area contributed by atoms with E-state index in [0.29, 0.717) is 35.6 Å². The summed E-state index contributed by atoms with van der Waals surface area (Å²) < 4.78 is 1.68. The van der Waals surface area contributed by atoms with Crippen LogP contribution in [-0.2, 0) is 6.54 Å². The molecule has 0 amide bonds. The normalized spacial score (nSPS) is 10.9. The van der Waals surface area contributed by atoms with Crippen LogP contribution in [0.5, 0.6) is 0 Å². The summed E-state index contributed by atoms with van der Waals surface area (Å²) >= 11 is 7.51. The second-order valence-electron chi connectivity index (χ2n) is 5.62. The van der Waals surface area contributed by atoms with Crippen LogP contribution in [0.2, 0.25) is 5.02 Å². The largest absolute Gasteiger partial charge is 0.292 e.